The Bertz CT molecular complexity index is 1210. The second-order valence-corrected chi connectivity index (χ2v) is 10.1. The molecule has 7 nitrogen and oxygen atoms in total. The molecule has 1 atom stereocenters. The van der Waals surface area contributed by atoms with Crippen LogP contribution in [0, 0.1) is 0 Å². The van der Waals surface area contributed by atoms with Crippen LogP contribution in [0.5, 0.6) is 11.5 Å². The summed E-state index contributed by atoms with van der Waals surface area (Å²) in [6.07, 6.45) is 5.59. The summed E-state index contributed by atoms with van der Waals surface area (Å²) in [6, 6.07) is 23.7. The van der Waals surface area contributed by atoms with Gasteiger partial charge in [0.15, 0.2) is 11.5 Å². The second kappa shape index (κ2) is 12.2. The third-order valence-corrected chi connectivity index (χ3v) is 7.53. The van der Waals surface area contributed by atoms with Crippen molar-refractivity contribution in [3.8, 4) is 11.5 Å². The maximum Gasteiger partial charge on any atom is 0.322 e. The van der Waals surface area contributed by atoms with Gasteiger partial charge in [0.05, 0.1) is 25.9 Å². The minimum absolute atomic E-state index is 0.0199. The third kappa shape index (κ3) is 6.22. The number of hydrogen-bond acceptors (Lipinski definition) is 5. The van der Waals surface area contributed by atoms with Gasteiger partial charge in [0.1, 0.15) is 0 Å². The van der Waals surface area contributed by atoms with Gasteiger partial charge in [-0.3, -0.25) is 0 Å². The molecule has 0 unspecified atom stereocenters. The number of aliphatic hydroxyl groups excluding tert-OH is 1. The van der Waals surface area contributed by atoms with Crippen LogP contribution < -0.4 is 19.7 Å². The Morgan fingerprint density at radius 2 is 1.74 bits per heavy atom. The molecule has 3 aromatic rings. The quantitative estimate of drug-likeness (QED) is 0.416. The predicted molar refractivity (Wildman–Crippen MR) is 150 cm³/mol. The van der Waals surface area contributed by atoms with Gasteiger partial charge in [0.2, 0.25) is 0 Å². The highest BCUT2D eigenvalue weighted by Crippen LogP contribution is 2.36. The number of methoxy groups -OCH3 is 1. The highest BCUT2D eigenvalue weighted by atomic mass is 16.5. The van der Waals surface area contributed by atoms with Gasteiger partial charge < -0.3 is 29.7 Å². The molecule has 1 heterocycles. The van der Waals surface area contributed by atoms with Gasteiger partial charge in [0.25, 0.3) is 0 Å². The van der Waals surface area contributed by atoms with E-state index in [2.05, 4.69) is 34.5 Å². The molecule has 3 aromatic carbocycles. The molecule has 1 aliphatic carbocycles. The predicted octanol–water partition coefficient (Wildman–Crippen LogP) is 5.47. The molecule has 1 aliphatic heterocycles. The molecule has 2 amide bonds. The first-order valence-corrected chi connectivity index (χ1v) is 13.5. The summed E-state index contributed by atoms with van der Waals surface area (Å²) in [6.45, 7) is 1.94. The molecule has 5 rings (SSSR count). The van der Waals surface area contributed by atoms with Crippen LogP contribution in [0.2, 0.25) is 0 Å². The molecule has 2 aliphatic rings. The zero-order chi connectivity index (χ0) is 26.3. The largest absolute Gasteiger partial charge is 0.493 e. The zero-order valence-electron chi connectivity index (χ0n) is 22.0. The molecule has 38 heavy (non-hydrogen) atoms. The van der Waals surface area contributed by atoms with E-state index in [1.165, 1.54) is 18.4 Å². The first kappa shape index (κ1) is 25.9. The maximum atomic E-state index is 13.4. The van der Waals surface area contributed by atoms with Gasteiger partial charge in [0, 0.05) is 37.1 Å². The molecule has 2 N–H and O–H groups in total. The first-order chi connectivity index (χ1) is 18.6. The van der Waals surface area contributed by atoms with Crippen molar-refractivity contribution in [1.82, 2.24) is 4.90 Å². The SMILES string of the molecule is COc1ccc(N2CCN(C(=O)Nc3cccc(CO)c3)[C@@H](Cc3ccccc3)C2)cc1OC1CCCC1. The summed E-state index contributed by atoms with van der Waals surface area (Å²) in [4.78, 5) is 17.7. The molecule has 2 fully saturated rings. The second-order valence-electron chi connectivity index (χ2n) is 10.1. The van der Waals surface area contributed by atoms with Gasteiger partial charge in [-0.05, 0) is 67.5 Å². The highest BCUT2D eigenvalue weighted by molar-refractivity contribution is 5.90. The fourth-order valence-corrected chi connectivity index (χ4v) is 5.50. The Labute approximate surface area is 225 Å². The van der Waals surface area contributed by atoms with Crippen molar-refractivity contribution in [3.63, 3.8) is 0 Å². The van der Waals surface area contributed by atoms with E-state index in [0.717, 1.165) is 42.0 Å². The lowest BCUT2D eigenvalue weighted by molar-refractivity contribution is 0.178. The Morgan fingerprint density at radius 1 is 0.947 bits per heavy atom. The fourth-order valence-electron chi connectivity index (χ4n) is 5.50. The van der Waals surface area contributed by atoms with Gasteiger partial charge in [-0.2, -0.15) is 0 Å². The minimum Gasteiger partial charge on any atom is -0.493 e. The van der Waals surface area contributed by atoms with E-state index in [1.54, 1.807) is 7.11 Å². The van der Waals surface area contributed by atoms with Crippen LogP contribution in [-0.4, -0.2) is 54.9 Å². The van der Waals surface area contributed by atoms with E-state index in [9.17, 15) is 9.90 Å². The van der Waals surface area contributed by atoms with E-state index >= 15 is 0 Å². The van der Waals surface area contributed by atoms with E-state index < -0.39 is 0 Å². The van der Waals surface area contributed by atoms with Crippen LogP contribution in [0.4, 0.5) is 16.2 Å². The molecule has 7 heteroatoms. The molecule has 1 saturated heterocycles. The summed E-state index contributed by atoms with van der Waals surface area (Å²) >= 11 is 0. The lowest BCUT2D eigenvalue weighted by Crippen LogP contribution is -2.57. The van der Waals surface area contributed by atoms with Crippen LogP contribution >= 0.6 is 0 Å². The Hall–Kier alpha value is -3.71. The van der Waals surface area contributed by atoms with E-state index in [-0.39, 0.29) is 24.8 Å². The number of benzene rings is 3. The molecule has 0 radical (unpaired) electrons. The number of anilines is 2. The number of amides is 2. The van der Waals surface area contributed by atoms with Crippen LogP contribution in [0.1, 0.15) is 36.8 Å². The van der Waals surface area contributed by atoms with Gasteiger partial charge >= 0.3 is 6.03 Å². The summed E-state index contributed by atoms with van der Waals surface area (Å²) in [5.74, 6) is 1.55. The van der Waals surface area contributed by atoms with Gasteiger partial charge in [-0.1, -0.05) is 42.5 Å². The van der Waals surface area contributed by atoms with Crippen molar-refractivity contribution in [1.29, 1.82) is 0 Å². The average Bonchev–Trinajstić information content (AvgIpc) is 3.47. The summed E-state index contributed by atoms with van der Waals surface area (Å²) in [5, 5.41) is 12.5. The van der Waals surface area contributed by atoms with Crippen molar-refractivity contribution in [2.45, 2.75) is 50.9 Å². The topological polar surface area (TPSA) is 74.3 Å². The number of hydrogen-bond donors (Lipinski definition) is 2. The summed E-state index contributed by atoms with van der Waals surface area (Å²) in [5.41, 5.74) is 3.72. The summed E-state index contributed by atoms with van der Waals surface area (Å²) in [7, 11) is 1.68. The van der Waals surface area contributed by atoms with Crippen molar-refractivity contribution >= 4 is 17.4 Å². The number of ether oxygens (including phenoxy) is 2. The molecule has 0 spiro atoms. The Balaban J connectivity index is 1.35. The maximum absolute atomic E-state index is 13.4. The van der Waals surface area contributed by atoms with E-state index in [4.69, 9.17) is 9.47 Å². The fraction of sp³-hybridized carbons (Fsp3) is 0.387. The van der Waals surface area contributed by atoms with Crippen molar-refractivity contribution in [2.75, 3.05) is 37.0 Å². The van der Waals surface area contributed by atoms with E-state index in [0.29, 0.717) is 25.3 Å². The van der Waals surface area contributed by atoms with Crippen LogP contribution in [0.15, 0.2) is 72.8 Å². The monoisotopic (exact) mass is 515 g/mol. The molecular weight excluding hydrogens is 478 g/mol. The number of piperazine rings is 1. The molecule has 1 saturated carbocycles. The van der Waals surface area contributed by atoms with Crippen LogP contribution in [-0.2, 0) is 13.0 Å². The molecule has 0 aromatic heterocycles. The Morgan fingerprint density at radius 3 is 2.50 bits per heavy atom. The lowest BCUT2D eigenvalue weighted by atomic mass is 10.0. The molecular formula is C31H37N3O4. The van der Waals surface area contributed by atoms with Crippen molar-refractivity contribution in [3.05, 3.63) is 83.9 Å². The zero-order valence-corrected chi connectivity index (χ0v) is 22.0. The number of aliphatic hydroxyl groups is 1. The van der Waals surface area contributed by atoms with Crippen molar-refractivity contribution in [2.24, 2.45) is 0 Å². The standard InChI is InChI=1S/C31H37N3O4/c1-37-29-15-14-26(20-30(29)38-28-12-5-6-13-28)33-16-17-34(27(21-33)19-23-8-3-2-4-9-23)31(36)32-25-11-7-10-24(18-25)22-35/h2-4,7-11,14-15,18,20,27-28,35H,5-6,12-13,16-17,19,21-22H2,1H3,(H,32,36)/t27-/m0/s1. The number of carbonyl (C=O) groups excluding carboxylic acids is 1. The Kier molecular flexibility index (Phi) is 8.34. The van der Waals surface area contributed by atoms with Gasteiger partial charge in [-0.25, -0.2) is 4.79 Å². The number of nitrogens with one attached hydrogen (secondary N) is 1. The first-order valence-electron chi connectivity index (χ1n) is 13.5. The van der Waals surface area contributed by atoms with Crippen LogP contribution in [0.25, 0.3) is 0 Å². The molecule has 200 valence electrons. The number of nitrogens with zero attached hydrogens (tertiary/aromatic N) is 2. The normalized spacial score (nSPS) is 17.9. The average molecular weight is 516 g/mol. The number of carbonyl (C=O) groups is 1. The highest BCUT2D eigenvalue weighted by Gasteiger charge is 2.31. The third-order valence-electron chi connectivity index (χ3n) is 7.53. The van der Waals surface area contributed by atoms with Crippen molar-refractivity contribution < 1.29 is 19.4 Å². The summed E-state index contributed by atoms with van der Waals surface area (Å²) < 4.78 is 12.0. The number of rotatable bonds is 8. The van der Waals surface area contributed by atoms with Gasteiger partial charge in [-0.15, -0.1) is 0 Å². The smallest absolute Gasteiger partial charge is 0.322 e. The lowest BCUT2D eigenvalue weighted by Gasteiger charge is -2.42. The molecule has 0 bridgehead atoms. The van der Waals surface area contributed by atoms with Crippen LogP contribution in [0.3, 0.4) is 0 Å². The number of urea groups is 1. The minimum atomic E-state index is -0.124. The van der Waals surface area contributed by atoms with E-state index in [1.807, 2.05) is 53.4 Å².